The van der Waals surface area contributed by atoms with Gasteiger partial charge in [-0.15, -0.1) is 0 Å². The number of carboxylic acids is 1. The Bertz CT molecular complexity index is 987. The number of alkyl halides is 3. The number of hydrogen-bond donors (Lipinski definition) is 1. The van der Waals surface area contributed by atoms with Gasteiger partial charge in [-0.25, -0.2) is 4.79 Å². The van der Waals surface area contributed by atoms with Crippen molar-refractivity contribution in [2.45, 2.75) is 24.4 Å². The summed E-state index contributed by atoms with van der Waals surface area (Å²) in [5.41, 5.74) is 2.22. The minimum Gasteiger partial charge on any atom is -0.475 e. The number of amides is 2. The third kappa shape index (κ3) is 4.23. The number of aromatic nitrogens is 1. The van der Waals surface area contributed by atoms with Crippen LogP contribution in [0.5, 0.6) is 0 Å². The maximum Gasteiger partial charge on any atom is 0.490 e. The molecule has 2 amide bonds. The molecule has 10 heteroatoms. The van der Waals surface area contributed by atoms with Crippen molar-refractivity contribution in [3.05, 3.63) is 59.9 Å². The lowest BCUT2D eigenvalue weighted by Gasteiger charge is -2.38. The highest BCUT2D eigenvalue weighted by Gasteiger charge is 2.51. The minimum absolute atomic E-state index is 0.00923. The van der Waals surface area contributed by atoms with Crippen LogP contribution in [0, 0.1) is 0 Å². The summed E-state index contributed by atoms with van der Waals surface area (Å²) < 4.78 is 31.7. The van der Waals surface area contributed by atoms with E-state index in [9.17, 15) is 22.8 Å². The fourth-order valence-electron chi connectivity index (χ4n) is 3.96. The smallest absolute Gasteiger partial charge is 0.475 e. The number of para-hydroxylation sites is 1. The number of carboxylic acid groups (broad SMARTS) is 1. The van der Waals surface area contributed by atoms with Crippen molar-refractivity contribution in [1.82, 2.24) is 9.88 Å². The average Bonchev–Trinajstić information content (AvgIpc) is 2.97. The molecule has 1 aromatic heterocycles. The summed E-state index contributed by atoms with van der Waals surface area (Å²) in [6.07, 6.45) is -0.499. The summed E-state index contributed by atoms with van der Waals surface area (Å²) >= 11 is 0. The lowest BCUT2D eigenvalue weighted by molar-refractivity contribution is -0.192. The molecule has 7 nitrogen and oxygen atoms in total. The molecule has 164 valence electrons. The first-order valence-electron chi connectivity index (χ1n) is 9.45. The monoisotopic (exact) mass is 435 g/mol. The van der Waals surface area contributed by atoms with E-state index in [1.54, 1.807) is 29.4 Å². The Hall–Kier alpha value is -3.43. The van der Waals surface area contributed by atoms with Crippen molar-refractivity contribution in [3.63, 3.8) is 0 Å². The maximum absolute atomic E-state index is 12.9. The molecule has 0 radical (unpaired) electrons. The topological polar surface area (TPSA) is 90.8 Å². The third-order valence-corrected chi connectivity index (χ3v) is 5.55. The lowest BCUT2D eigenvalue weighted by Crippen LogP contribution is -2.49. The van der Waals surface area contributed by atoms with Crippen LogP contribution in [-0.4, -0.2) is 59.1 Å². The van der Waals surface area contributed by atoms with Crippen LogP contribution in [0.3, 0.4) is 0 Å². The van der Waals surface area contributed by atoms with E-state index in [4.69, 9.17) is 9.90 Å². The number of hydrogen-bond acceptors (Lipinski definition) is 4. The number of carbonyl (C=O) groups excluding carboxylic acids is 2. The van der Waals surface area contributed by atoms with Gasteiger partial charge in [-0.05, 0) is 36.6 Å². The van der Waals surface area contributed by atoms with Crippen LogP contribution >= 0.6 is 0 Å². The fourth-order valence-corrected chi connectivity index (χ4v) is 3.96. The van der Waals surface area contributed by atoms with Crippen molar-refractivity contribution in [1.29, 1.82) is 0 Å². The largest absolute Gasteiger partial charge is 0.490 e. The molecule has 1 aromatic carbocycles. The summed E-state index contributed by atoms with van der Waals surface area (Å²) in [6.45, 7) is 1.17. The molecular formula is C21H20F3N3O4. The quantitative estimate of drug-likeness (QED) is 0.744. The number of halogens is 3. The molecule has 0 saturated carbocycles. The predicted molar refractivity (Wildman–Crippen MR) is 105 cm³/mol. The Morgan fingerprint density at radius 3 is 2.26 bits per heavy atom. The van der Waals surface area contributed by atoms with Crippen LogP contribution in [0.1, 0.15) is 28.8 Å². The van der Waals surface area contributed by atoms with E-state index in [0.717, 1.165) is 11.3 Å². The van der Waals surface area contributed by atoms with Gasteiger partial charge in [-0.2, -0.15) is 13.2 Å². The van der Waals surface area contributed by atoms with Gasteiger partial charge in [0.1, 0.15) is 0 Å². The van der Waals surface area contributed by atoms with E-state index in [2.05, 4.69) is 11.1 Å². The summed E-state index contributed by atoms with van der Waals surface area (Å²) in [6, 6.07) is 11.5. The van der Waals surface area contributed by atoms with Gasteiger partial charge in [0.2, 0.25) is 5.91 Å². The number of rotatable bonds is 1. The molecular weight excluding hydrogens is 415 g/mol. The fraction of sp³-hybridized carbons (Fsp3) is 0.333. The minimum atomic E-state index is -5.08. The zero-order valence-corrected chi connectivity index (χ0v) is 16.6. The molecule has 1 N–H and O–H groups in total. The van der Waals surface area contributed by atoms with Crippen LogP contribution in [0.25, 0.3) is 0 Å². The van der Waals surface area contributed by atoms with Crippen molar-refractivity contribution in [2.24, 2.45) is 0 Å². The number of aliphatic carboxylic acids is 1. The number of likely N-dealkylation sites (N-methyl/N-ethyl adjacent to an activating group) is 1. The standard InChI is InChI=1S/C19H19N3O2.C2HF3O2/c1-21-16-7-3-2-6-15(16)19(18(21)24)8-11-22(12-9-19)17(23)14-5-4-10-20-13-14;3-2(4,5)1(6)7/h2-7,10,13H,8-9,11-12H2,1H3;(H,6,7). The summed E-state index contributed by atoms with van der Waals surface area (Å²) in [4.78, 5) is 42.0. The Morgan fingerprint density at radius 1 is 1.10 bits per heavy atom. The van der Waals surface area contributed by atoms with Gasteiger partial charge in [-0.3, -0.25) is 14.6 Å². The molecule has 4 rings (SSSR count). The van der Waals surface area contributed by atoms with E-state index < -0.39 is 17.6 Å². The first kappa shape index (κ1) is 22.3. The zero-order valence-electron chi connectivity index (χ0n) is 16.6. The zero-order chi connectivity index (χ0) is 22.8. The third-order valence-electron chi connectivity index (χ3n) is 5.55. The van der Waals surface area contributed by atoms with Gasteiger partial charge in [0.15, 0.2) is 0 Å². The van der Waals surface area contributed by atoms with E-state index in [1.165, 1.54) is 0 Å². The second kappa shape index (κ2) is 8.37. The normalized spacial score (nSPS) is 17.1. The maximum atomic E-state index is 12.9. The number of anilines is 1. The van der Waals surface area contributed by atoms with Crippen molar-refractivity contribution >= 4 is 23.5 Å². The molecule has 1 spiro atoms. The first-order chi connectivity index (χ1) is 14.6. The van der Waals surface area contributed by atoms with Crippen molar-refractivity contribution in [2.75, 3.05) is 25.0 Å². The summed E-state index contributed by atoms with van der Waals surface area (Å²) in [5.74, 6) is -2.62. The lowest BCUT2D eigenvalue weighted by atomic mass is 9.73. The Balaban J connectivity index is 0.000000339. The molecule has 0 atom stereocenters. The van der Waals surface area contributed by atoms with E-state index in [1.807, 2.05) is 30.1 Å². The predicted octanol–water partition coefficient (Wildman–Crippen LogP) is 2.87. The average molecular weight is 435 g/mol. The number of carbonyl (C=O) groups is 3. The van der Waals surface area contributed by atoms with Gasteiger partial charge in [0.25, 0.3) is 5.91 Å². The molecule has 31 heavy (non-hydrogen) atoms. The van der Waals surface area contributed by atoms with Crippen LogP contribution in [0.2, 0.25) is 0 Å². The second-order valence-corrected chi connectivity index (χ2v) is 7.30. The van der Waals surface area contributed by atoms with Crippen molar-refractivity contribution < 1.29 is 32.7 Å². The number of benzene rings is 1. The van der Waals surface area contributed by atoms with Crippen LogP contribution in [0.4, 0.5) is 18.9 Å². The van der Waals surface area contributed by atoms with E-state index in [-0.39, 0.29) is 11.8 Å². The van der Waals surface area contributed by atoms with Gasteiger partial charge in [0, 0.05) is 38.2 Å². The summed E-state index contributed by atoms with van der Waals surface area (Å²) in [5, 5.41) is 7.12. The number of piperidine rings is 1. The highest BCUT2D eigenvalue weighted by molar-refractivity contribution is 6.08. The molecule has 2 aliphatic heterocycles. The highest BCUT2D eigenvalue weighted by atomic mass is 19.4. The van der Waals surface area contributed by atoms with Gasteiger partial charge >= 0.3 is 12.1 Å². The molecule has 0 aliphatic carbocycles. The number of nitrogens with zero attached hydrogens (tertiary/aromatic N) is 3. The molecule has 1 saturated heterocycles. The highest BCUT2D eigenvalue weighted by Crippen LogP contribution is 2.47. The second-order valence-electron chi connectivity index (χ2n) is 7.30. The van der Waals surface area contributed by atoms with Crippen LogP contribution in [-0.2, 0) is 15.0 Å². The molecule has 2 aliphatic rings. The molecule has 1 fully saturated rings. The van der Waals surface area contributed by atoms with E-state index >= 15 is 0 Å². The molecule has 0 unspecified atom stereocenters. The number of fused-ring (bicyclic) bond motifs is 2. The molecule has 0 bridgehead atoms. The Morgan fingerprint density at radius 2 is 1.71 bits per heavy atom. The Labute approximate surface area is 176 Å². The van der Waals surface area contributed by atoms with Gasteiger partial charge in [-0.1, -0.05) is 18.2 Å². The summed E-state index contributed by atoms with van der Waals surface area (Å²) in [7, 11) is 1.84. The Kier molecular flexibility index (Phi) is 6.01. The SMILES string of the molecule is CN1C(=O)C2(CCN(C(=O)c3cccnc3)CC2)c2ccccc21.O=C(O)C(F)(F)F. The van der Waals surface area contributed by atoms with Gasteiger partial charge in [0.05, 0.1) is 11.0 Å². The van der Waals surface area contributed by atoms with E-state index in [0.29, 0.717) is 31.5 Å². The van der Waals surface area contributed by atoms with Crippen LogP contribution in [0.15, 0.2) is 48.8 Å². The van der Waals surface area contributed by atoms with Crippen molar-refractivity contribution in [3.8, 4) is 0 Å². The number of likely N-dealkylation sites (tertiary alicyclic amines) is 1. The van der Waals surface area contributed by atoms with Crippen LogP contribution < -0.4 is 4.90 Å². The number of pyridine rings is 1. The molecule has 2 aromatic rings. The van der Waals surface area contributed by atoms with Gasteiger partial charge < -0.3 is 14.9 Å². The molecule has 3 heterocycles. The first-order valence-corrected chi connectivity index (χ1v) is 9.45.